The molecule has 28 heavy (non-hydrogen) atoms. The summed E-state index contributed by atoms with van der Waals surface area (Å²) in [6, 6.07) is 14.4. The van der Waals surface area contributed by atoms with Crippen LogP contribution in [-0.2, 0) is 21.4 Å². The molecule has 0 bridgehead atoms. The van der Waals surface area contributed by atoms with Gasteiger partial charge in [0.15, 0.2) is 6.61 Å². The molecule has 0 fully saturated rings. The molecule has 0 aliphatic carbocycles. The highest BCUT2D eigenvalue weighted by molar-refractivity contribution is 7.92. The molecule has 1 N–H and O–H groups in total. The lowest BCUT2D eigenvalue weighted by atomic mass is 10.1. The third-order valence-electron chi connectivity index (χ3n) is 4.19. The molecule has 2 aromatic carbocycles. The third kappa shape index (κ3) is 6.88. The zero-order valence-electron chi connectivity index (χ0n) is 16.6. The van der Waals surface area contributed by atoms with E-state index in [-0.39, 0.29) is 19.1 Å². The van der Waals surface area contributed by atoms with Crippen LogP contribution in [0.15, 0.2) is 48.5 Å². The van der Waals surface area contributed by atoms with Gasteiger partial charge in [-0.2, -0.15) is 0 Å². The Bertz CT molecular complexity index is 862. The molecule has 152 valence electrons. The molecule has 0 unspecified atom stereocenters. The second kappa shape index (κ2) is 10.1. The summed E-state index contributed by atoms with van der Waals surface area (Å²) >= 11 is 0. The van der Waals surface area contributed by atoms with Crippen molar-refractivity contribution in [2.75, 3.05) is 23.7 Å². The fraction of sp³-hybridized carbons (Fsp3) is 0.381. The monoisotopic (exact) mass is 404 g/mol. The maximum Gasteiger partial charge on any atom is 0.257 e. The van der Waals surface area contributed by atoms with E-state index in [2.05, 4.69) is 12.2 Å². The van der Waals surface area contributed by atoms with Gasteiger partial charge in [-0.1, -0.05) is 43.2 Å². The van der Waals surface area contributed by atoms with Crippen molar-refractivity contribution in [3.8, 4) is 5.75 Å². The zero-order valence-corrected chi connectivity index (χ0v) is 17.5. The van der Waals surface area contributed by atoms with Crippen molar-refractivity contribution in [2.45, 2.75) is 33.2 Å². The lowest BCUT2D eigenvalue weighted by Gasteiger charge is -2.23. The molecule has 0 saturated heterocycles. The molecule has 0 spiro atoms. The van der Waals surface area contributed by atoms with E-state index in [0.29, 0.717) is 18.0 Å². The molecule has 0 aliphatic rings. The summed E-state index contributed by atoms with van der Waals surface area (Å²) < 4.78 is 31.4. The number of benzene rings is 2. The van der Waals surface area contributed by atoms with Gasteiger partial charge < -0.3 is 10.1 Å². The standard InChI is InChI=1S/C21H28N2O4S/c1-4-5-14-22-21(24)16-27-20-12-10-19(11-13-20)23(28(3,25)26)15-18-8-6-17(2)7-9-18/h6-13H,4-5,14-16H2,1-3H3,(H,22,24). The SMILES string of the molecule is CCCCNC(=O)COc1ccc(N(Cc2ccc(C)cc2)S(C)(=O)=O)cc1. The van der Waals surface area contributed by atoms with Crippen molar-refractivity contribution >= 4 is 21.6 Å². The largest absolute Gasteiger partial charge is 0.484 e. The minimum Gasteiger partial charge on any atom is -0.484 e. The molecular weight excluding hydrogens is 376 g/mol. The number of ether oxygens (including phenoxy) is 1. The quantitative estimate of drug-likeness (QED) is 0.617. The Kier molecular flexibility index (Phi) is 7.87. The van der Waals surface area contributed by atoms with Crippen molar-refractivity contribution in [3.05, 3.63) is 59.7 Å². The first-order chi connectivity index (χ1) is 13.3. The number of rotatable bonds is 10. The van der Waals surface area contributed by atoms with Gasteiger partial charge in [-0.3, -0.25) is 9.10 Å². The number of hydrogen-bond donors (Lipinski definition) is 1. The first-order valence-electron chi connectivity index (χ1n) is 9.32. The van der Waals surface area contributed by atoms with Gasteiger partial charge in [-0.15, -0.1) is 0 Å². The normalized spacial score (nSPS) is 11.1. The molecule has 2 rings (SSSR count). The highest BCUT2D eigenvalue weighted by atomic mass is 32.2. The second-order valence-corrected chi connectivity index (χ2v) is 8.65. The maximum atomic E-state index is 12.3. The minimum atomic E-state index is -3.45. The summed E-state index contributed by atoms with van der Waals surface area (Å²) in [5.74, 6) is 0.341. The van der Waals surface area contributed by atoms with Crippen molar-refractivity contribution in [1.29, 1.82) is 0 Å². The topological polar surface area (TPSA) is 75.7 Å². The molecule has 0 aromatic heterocycles. The molecule has 0 heterocycles. The van der Waals surface area contributed by atoms with Gasteiger partial charge in [0.05, 0.1) is 18.5 Å². The Morgan fingerprint density at radius 1 is 1.07 bits per heavy atom. The van der Waals surface area contributed by atoms with Gasteiger partial charge in [-0.25, -0.2) is 8.42 Å². The summed E-state index contributed by atoms with van der Waals surface area (Å²) in [6.07, 6.45) is 3.14. The number of nitrogens with one attached hydrogen (secondary N) is 1. The molecule has 1 amide bonds. The van der Waals surface area contributed by atoms with Crippen LogP contribution in [-0.4, -0.2) is 33.7 Å². The summed E-state index contributed by atoms with van der Waals surface area (Å²) in [5, 5.41) is 2.78. The molecule has 6 nitrogen and oxygen atoms in total. The molecular formula is C21H28N2O4S. The number of sulfonamides is 1. The van der Waals surface area contributed by atoms with Crippen LogP contribution in [0.1, 0.15) is 30.9 Å². The van der Waals surface area contributed by atoms with E-state index in [0.717, 1.165) is 24.0 Å². The highest BCUT2D eigenvalue weighted by Crippen LogP contribution is 2.23. The Hall–Kier alpha value is -2.54. The van der Waals surface area contributed by atoms with E-state index >= 15 is 0 Å². The van der Waals surface area contributed by atoms with Crippen LogP contribution in [0.5, 0.6) is 5.75 Å². The average Bonchev–Trinajstić information content (AvgIpc) is 2.66. The number of carbonyl (C=O) groups is 1. The predicted molar refractivity (Wildman–Crippen MR) is 112 cm³/mol. The fourth-order valence-corrected chi connectivity index (χ4v) is 3.46. The van der Waals surface area contributed by atoms with Crippen molar-refractivity contribution in [3.63, 3.8) is 0 Å². The smallest absolute Gasteiger partial charge is 0.257 e. The van der Waals surface area contributed by atoms with E-state index in [9.17, 15) is 13.2 Å². The second-order valence-electron chi connectivity index (χ2n) is 6.74. The lowest BCUT2D eigenvalue weighted by molar-refractivity contribution is -0.123. The van der Waals surface area contributed by atoms with Crippen molar-refractivity contribution < 1.29 is 17.9 Å². The van der Waals surface area contributed by atoms with Gasteiger partial charge in [0, 0.05) is 6.54 Å². The number of hydrogen-bond acceptors (Lipinski definition) is 4. The molecule has 0 saturated carbocycles. The van der Waals surface area contributed by atoms with E-state index in [1.54, 1.807) is 24.3 Å². The van der Waals surface area contributed by atoms with Gasteiger partial charge in [0.1, 0.15) is 5.75 Å². The van der Waals surface area contributed by atoms with E-state index < -0.39 is 10.0 Å². The highest BCUT2D eigenvalue weighted by Gasteiger charge is 2.18. The number of aryl methyl sites for hydroxylation is 1. The van der Waals surface area contributed by atoms with Gasteiger partial charge in [0.25, 0.3) is 5.91 Å². The molecule has 7 heteroatoms. The Morgan fingerprint density at radius 3 is 2.29 bits per heavy atom. The van der Waals surface area contributed by atoms with E-state index in [1.165, 1.54) is 10.6 Å². The van der Waals surface area contributed by atoms with Crippen LogP contribution in [0.3, 0.4) is 0 Å². The van der Waals surface area contributed by atoms with Crippen molar-refractivity contribution in [2.24, 2.45) is 0 Å². The zero-order chi connectivity index (χ0) is 20.6. The van der Waals surface area contributed by atoms with Crippen LogP contribution in [0.2, 0.25) is 0 Å². The Balaban J connectivity index is 2.03. The Labute approximate surface area is 167 Å². The van der Waals surface area contributed by atoms with E-state index in [4.69, 9.17) is 4.74 Å². The predicted octanol–water partition coefficient (Wildman–Crippen LogP) is 3.26. The van der Waals surface area contributed by atoms with Gasteiger partial charge in [0.2, 0.25) is 10.0 Å². The fourth-order valence-electron chi connectivity index (χ4n) is 2.57. The van der Waals surface area contributed by atoms with Crippen LogP contribution in [0.4, 0.5) is 5.69 Å². The van der Waals surface area contributed by atoms with Crippen molar-refractivity contribution in [1.82, 2.24) is 5.32 Å². The molecule has 0 aliphatic heterocycles. The number of nitrogens with zero attached hydrogens (tertiary/aromatic N) is 1. The minimum absolute atomic E-state index is 0.0672. The summed E-state index contributed by atoms with van der Waals surface area (Å²) in [7, 11) is -3.45. The van der Waals surface area contributed by atoms with Gasteiger partial charge in [-0.05, 0) is 43.2 Å². The number of anilines is 1. The summed E-state index contributed by atoms with van der Waals surface area (Å²) in [4.78, 5) is 11.7. The number of carbonyl (C=O) groups excluding carboxylic acids is 1. The summed E-state index contributed by atoms with van der Waals surface area (Å²) in [5.41, 5.74) is 2.57. The maximum absolute atomic E-state index is 12.3. The van der Waals surface area contributed by atoms with Crippen LogP contribution in [0.25, 0.3) is 0 Å². The molecule has 2 aromatic rings. The lowest BCUT2D eigenvalue weighted by Crippen LogP contribution is -2.30. The van der Waals surface area contributed by atoms with Crippen LogP contribution >= 0.6 is 0 Å². The van der Waals surface area contributed by atoms with Gasteiger partial charge >= 0.3 is 0 Å². The average molecular weight is 405 g/mol. The Morgan fingerprint density at radius 2 is 1.71 bits per heavy atom. The third-order valence-corrected chi connectivity index (χ3v) is 5.33. The van der Waals surface area contributed by atoms with E-state index in [1.807, 2.05) is 31.2 Å². The number of amides is 1. The first-order valence-corrected chi connectivity index (χ1v) is 11.2. The number of unbranched alkanes of at least 4 members (excludes halogenated alkanes) is 1. The first kappa shape index (κ1) is 21.8. The van der Waals surface area contributed by atoms with Crippen LogP contribution < -0.4 is 14.4 Å². The molecule has 0 atom stereocenters. The summed E-state index contributed by atoms with van der Waals surface area (Å²) in [6.45, 7) is 4.87. The van der Waals surface area contributed by atoms with Crippen LogP contribution in [0, 0.1) is 6.92 Å². The molecule has 0 radical (unpaired) electrons.